The van der Waals surface area contributed by atoms with Crippen LogP contribution in [0, 0.1) is 6.92 Å². The fraction of sp³-hybridized carbons (Fsp3) is 0.125. The van der Waals surface area contributed by atoms with Crippen molar-refractivity contribution < 1.29 is 4.79 Å². The van der Waals surface area contributed by atoms with Crippen molar-refractivity contribution >= 4 is 35.1 Å². The molecular formula is C24H22N4OS2. The van der Waals surface area contributed by atoms with Gasteiger partial charge in [-0.15, -0.1) is 22.0 Å². The SMILES string of the molecule is Cc1ccc(SCc2nnc(SCC(=O)Nc3ccccc3)n2-c2ccccc2)cc1. The first kappa shape index (κ1) is 21.2. The van der Waals surface area contributed by atoms with Crippen molar-refractivity contribution in [2.45, 2.75) is 22.7 Å². The van der Waals surface area contributed by atoms with Crippen molar-refractivity contribution in [3.05, 3.63) is 96.3 Å². The largest absolute Gasteiger partial charge is 0.325 e. The van der Waals surface area contributed by atoms with Gasteiger partial charge in [-0.3, -0.25) is 9.36 Å². The zero-order valence-electron chi connectivity index (χ0n) is 17.1. The standard InChI is InChI=1S/C24H22N4OS2/c1-18-12-14-21(15-13-18)30-16-22-26-27-24(28(22)20-10-6-3-7-11-20)31-17-23(29)25-19-8-4-2-5-9-19/h2-15H,16-17H2,1H3,(H,25,29). The Morgan fingerprint density at radius 2 is 1.55 bits per heavy atom. The third kappa shape index (κ3) is 5.77. The van der Waals surface area contributed by atoms with E-state index < -0.39 is 0 Å². The lowest BCUT2D eigenvalue weighted by atomic mass is 10.2. The van der Waals surface area contributed by atoms with Gasteiger partial charge in [0, 0.05) is 16.3 Å². The summed E-state index contributed by atoms with van der Waals surface area (Å²) in [7, 11) is 0. The maximum absolute atomic E-state index is 12.4. The van der Waals surface area contributed by atoms with E-state index in [1.54, 1.807) is 11.8 Å². The van der Waals surface area contributed by atoms with E-state index in [-0.39, 0.29) is 11.7 Å². The van der Waals surface area contributed by atoms with Gasteiger partial charge in [0.1, 0.15) is 5.82 Å². The Morgan fingerprint density at radius 1 is 0.871 bits per heavy atom. The van der Waals surface area contributed by atoms with Gasteiger partial charge in [0.2, 0.25) is 5.91 Å². The molecule has 0 atom stereocenters. The van der Waals surface area contributed by atoms with Gasteiger partial charge >= 0.3 is 0 Å². The molecule has 0 spiro atoms. The summed E-state index contributed by atoms with van der Waals surface area (Å²) in [4.78, 5) is 13.6. The fourth-order valence-corrected chi connectivity index (χ4v) is 4.54. The molecule has 1 heterocycles. The number of aryl methyl sites for hydroxylation is 1. The molecule has 0 unspecified atom stereocenters. The first-order valence-electron chi connectivity index (χ1n) is 9.86. The number of anilines is 1. The molecule has 0 saturated heterocycles. The molecule has 0 fully saturated rings. The molecule has 5 nitrogen and oxygen atoms in total. The molecule has 0 aliphatic heterocycles. The quantitative estimate of drug-likeness (QED) is 0.357. The second kappa shape index (κ2) is 10.3. The summed E-state index contributed by atoms with van der Waals surface area (Å²) in [6, 6.07) is 27.9. The Balaban J connectivity index is 1.49. The van der Waals surface area contributed by atoms with Crippen LogP contribution in [-0.2, 0) is 10.5 Å². The third-order valence-electron chi connectivity index (χ3n) is 4.49. The highest BCUT2D eigenvalue weighted by Crippen LogP contribution is 2.27. The summed E-state index contributed by atoms with van der Waals surface area (Å²) in [6.45, 7) is 2.08. The van der Waals surface area contributed by atoms with Crippen LogP contribution in [0.25, 0.3) is 5.69 Å². The lowest BCUT2D eigenvalue weighted by Gasteiger charge is -2.10. The molecule has 4 aromatic rings. The third-order valence-corrected chi connectivity index (χ3v) is 6.43. The van der Waals surface area contributed by atoms with Gasteiger partial charge in [0.05, 0.1) is 11.5 Å². The van der Waals surface area contributed by atoms with Gasteiger partial charge in [-0.25, -0.2) is 0 Å². The number of amides is 1. The number of thioether (sulfide) groups is 2. The number of carbonyl (C=O) groups is 1. The van der Waals surface area contributed by atoms with Crippen molar-refractivity contribution in [2.75, 3.05) is 11.1 Å². The Kier molecular flexibility index (Phi) is 7.07. The molecule has 1 N–H and O–H groups in total. The molecule has 4 rings (SSSR count). The number of para-hydroxylation sites is 2. The lowest BCUT2D eigenvalue weighted by Crippen LogP contribution is -2.14. The fourth-order valence-electron chi connectivity index (χ4n) is 2.95. The second-order valence-electron chi connectivity index (χ2n) is 6.87. The highest BCUT2D eigenvalue weighted by molar-refractivity contribution is 7.99. The number of hydrogen-bond donors (Lipinski definition) is 1. The van der Waals surface area contributed by atoms with Crippen LogP contribution in [0.5, 0.6) is 0 Å². The maximum Gasteiger partial charge on any atom is 0.234 e. The van der Waals surface area contributed by atoms with Crippen LogP contribution in [0.4, 0.5) is 5.69 Å². The Hall–Kier alpha value is -3.03. The van der Waals surface area contributed by atoms with Gasteiger partial charge in [-0.05, 0) is 43.3 Å². The van der Waals surface area contributed by atoms with E-state index in [1.807, 2.05) is 65.2 Å². The topological polar surface area (TPSA) is 59.8 Å². The zero-order chi connectivity index (χ0) is 21.5. The summed E-state index contributed by atoms with van der Waals surface area (Å²) in [5.74, 6) is 1.71. The predicted molar refractivity (Wildman–Crippen MR) is 128 cm³/mol. The molecule has 0 aliphatic rings. The number of hydrogen-bond acceptors (Lipinski definition) is 5. The van der Waals surface area contributed by atoms with Gasteiger partial charge in [0.25, 0.3) is 0 Å². The maximum atomic E-state index is 12.4. The number of nitrogens with one attached hydrogen (secondary N) is 1. The Morgan fingerprint density at radius 3 is 2.26 bits per heavy atom. The molecule has 0 saturated carbocycles. The van der Waals surface area contributed by atoms with Crippen molar-refractivity contribution in [1.29, 1.82) is 0 Å². The van der Waals surface area contributed by atoms with E-state index in [0.29, 0.717) is 10.9 Å². The van der Waals surface area contributed by atoms with E-state index in [9.17, 15) is 4.79 Å². The van der Waals surface area contributed by atoms with Crippen LogP contribution in [0.3, 0.4) is 0 Å². The predicted octanol–water partition coefficient (Wildman–Crippen LogP) is 5.60. The molecule has 0 bridgehead atoms. The van der Waals surface area contributed by atoms with Crippen LogP contribution in [0.15, 0.2) is 95.0 Å². The summed E-state index contributed by atoms with van der Waals surface area (Å²) >= 11 is 3.10. The smallest absolute Gasteiger partial charge is 0.234 e. The minimum absolute atomic E-state index is 0.0746. The summed E-state index contributed by atoms with van der Waals surface area (Å²) in [5, 5.41) is 12.4. The monoisotopic (exact) mass is 446 g/mol. The average Bonchev–Trinajstić information content (AvgIpc) is 3.21. The lowest BCUT2D eigenvalue weighted by molar-refractivity contribution is -0.113. The molecule has 7 heteroatoms. The number of benzene rings is 3. The summed E-state index contributed by atoms with van der Waals surface area (Å²) < 4.78 is 2.03. The molecule has 1 amide bonds. The number of nitrogens with zero attached hydrogens (tertiary/aromatic N) is 3. The van der Waals surface area contributed by atoms with E-state index in [0.717, 1.165) is 17.2 Å². The number of carbonyl (C=O) groups excluding carboxylic acids is 1. The highest BCUT2D eigenvalue weighted by atomic mass is 32.2. The Bertz CT molecular complexity index is 1130. The normalized spacial score (nSPS) is 10.7. The highest BCUT2D eigenvalue weighted by Gasteiger charge is 2.16. The van der Waals surface area contributed by atoms with Gasteiger partial charge in [-0.1, -0.05) is 65.9 Å². The first-order valence-corrected chi connectivity index (χ1v) is 11.8. The molecule has 3 aromatic carbocycles. The second-order valence-corrected chi connectivity index (χ2v) is 8.87. The van der Waals surface area contributed by atoms with Gasteiger partial charge < -0.3 is 5.32 Å². The minimum Gasteiger partial charge on any atom is -0.325 e. The van der Waals surface area contributed by atoms with Crippen LogP contribution < -0.4 is 5.32 Å². The molecular weight excluding hydrogens is 424 g/mol. The van der Waals surface area contributed by atoms with E-state index in [1.165, 1.54) is 22.2 Å². The van der Waals surface area contributed by atoms with Crippen LogP contribution in [0.2, 0.25) is 0 Å². The first-order chi connectivity index (χ1) is 15.2. The van der Waals surface area contributed by atoms with Gasteiger partial charge in [-0.2, -0.15) is 0 Å². The van der Waals surface area contributed by atoms with Crippen molar-refractivity contribution in [1.82, 2.24) is 14.8 Å². The van der Waals surface area contributed by atoms with E-state index in [2.05, 4.69) is 46.7 Å². The molecule has 156 valence electrons. The number of aromatic nitrogens is 3. The van der Waals surface area contributed by atoms with E-state index in [4.69, 9.17) is 0 Å². The van der Waals surface area contributed by atoms with Gasteiger partial charge in [0.15, 0.2) is 5.16 Å². The minimum atomic E-state index is -0.0746. The van der Waals surface area contributed by atoms with Crippen molar-refractivity contribution in [2.24, 2.45) is 0 Å². The Labute approximate surface area is 190 Å². The number of rotatable bonds is 8. The van der Waals surface area contributed by atoms with Crippen LogP contribution in [0.1, 0.15) is 11.4 Å². The van der Waals surface area contributed by atoms with Crippen LogP contribution >= 0.6 is 23.5 Å². The van der Waals surface area contributed by atoms with Crippen molar-refractivity contribution in [3.8, 4) is 5.69 Å². The van der Waals surface area contributed by atoms with E-state index >= 15 is 0 Å². The molecule has 1 aromatic heterocycles. The average molecular weight is 447 g/mol. The summed E-state index contributed by atoms with van der Waals surface area (Å²) in [6.07, 6.45) is 0. The molecule has 31 heavy (non-hydrogen) atoms. The molecule has 0 radical (unpaired) electrons. The van der Waals surface area contributed by atoms with Crippen molar-refractivity contribution in [3.63, 3.8) is 0 Å². The summed E-state index contributed by atoms with van der Waals surface area (Å²) in [5.41, 5.74) is 3.01. The van der Waals surface area contributed by atoms with Crippen LogP contribution in [-0.4, -0.2) is 26.4 Å². The zero-order valence-corrected chi connectivity index (χ0v) is 18.7. The molecule has 0 aliphatic carbocycles.